The molecule has 2 heterocycles. The third-order valence-electron chi connectivity index (χ3n) is 3.18. The maximum absolute atomic E-state index is 5.74. The Hall–Kier alpha value is -2.02. The molecule has 1 unspecified atom stereocenters. The van der Waals surface area contributed by atoms with Gasteiger partial charge in [0.15, 0.2) is 0 Å². The average molecular weight is 344 g/mol. The van der Waals surface area contributed by atoms with Gasteiger partial charge in [0.05, 0.1) is 17.1 Å². The first-order valence-corrected chi connectivity index (χ1v) is 7.26. The topological polar surface area (TPSA) is 68.8 Å². The van der Waals surface area contributed by atoms with Crippen molar-refractivity contribution in [2.75, 3.05) is 0 Å². The number of hydrazine groups is 1. The molecule has 0 radical (unpaired) electrons. The van der Waals surface area contributed by atoms with Gasteiger partial charge in [-0.15, -0.1) is 0 Å². The van der Waals surface area contributed by atoms with Gasteiger partial charge in [0.25, 0.3) is 0 Å². The summed E-state index contributed by atoms with van der Waals surface area (Å²) in [6.07, 6.45) is 3.51. The molecule has 0 spiro atoms. The lowest BCUT2D eigenvalue weighted by Crippen LogP contribution is -2.31. The first kappa shape index (κ1) is 13.9. The number of nitrogens with two attached hydrogens (primary N) is 1. The molecule has 3 rings (SSSR count). The van der Waals surface area contributed by atoms with Crippen LogP contribution in [0.25, 0.3) is 5.69 Å². The van der Waals surface area contributed by atoms with Gasteiger partial charge in [0, 0.05) is 16.9 Å². The van der Waals surface area contributed by atoms with Crippen molar-refractivity contribution in [2.24, 2.45) is 5.84 Å². The smallest absolute Gasteiger partial charge is 0.105 e. The van der Waals surface area contributed by atoms with Crippen molar-refractivity contribution in [3.63, 3.8) is 0 Å². The van der Waals surface area contributed by atoms with E-state index in [4.69, 9.17) is 5.84 Å². The molecule has 3 aromatic rings. The van der Waals surface area contributed by atoms with Crippen molar-refractivity contribution < 1.29 is 0 Å². The van der Waals surface area contributed by atoms with Crippen LogP contribution in [0.2, 0.25) is 0 Å². The standard InChI is InChI=1S/C15H14BrN5/c16-11-6-7-13(18-10-11)15(20-17)14-8-9-19-21(14)12-4-2-1-3-5-12/h1-10,15,20H,17H2. The molecule has 0 aliphatic carbocycles. The van der Waals surface area contributed by atoms with Crippen LogP contribution in [0, 0.1) is 0 Å². The Balaban J connectivity index is 2.03. The Bertz CT molecular complexity index is 708. The number of para-hydroxylation sites is 1. The number of halogens is 1. The highest BCUT2D eigenvalue weighted by molar-refractivity contribution is 9.10. The van der Waals surface area contributed by atoms with E-state index in [0.29, 0.717) is 0 Å². The van der Waals surface area contributed by atoms with Crippen molar-refractivity contribution in [1.82, 2.24) is 20.2 Å². The zero-order chi connectivity index (χ0) is 14.7. The highest BCUT2D eigenvalue weighted by atomic mass is 79.9. The lowest BCUT2D eigenvalue weighted by Gasteiger charge is -2.17. The number of pyridine rings is 1. The lowest BCUT2D eigenvalue weighted by atomic mass is 10.1. The fourth-order valence-corrected chi connectivity index (χ4v) is 2.43. The summed E-state index contributed by atoms with van der Waals surface area (Å²) in [5.74, 6) is 5.74. The van der Waals surface area contributed by atoms with Crippen molar-refractivity contribution >= 4 is 15.9 Å². The fraction of sp³-hybridized carbons (Fsp3) is 0.0667. The van der Waals surface area contributed by atoms with Crippen LogP contribution in [-0.4, -0.2) is 14.8 Å². The molecule has 0 aliphatic rings. The van der Waals surface area contributed by atoms with Gasteiger partial charge in [-0.25, -0.2) is 10.1 Å². The van der Waals surface area contributed by atoms with E-state index in [-0.39, 0.29) is 6.04 Å². The van der Waals surface area contributed by atoms with Crippen molar-refractivity contribution in [3.8, 4) is 5.69 Å². The van der Waals surface area contributed by atoms with Gasteiger partial charge in [0.2, 0.25) is 0 Å². The SMILES string of the molecule is NNC(c1ccc(Br)cn1)c1ccnn1-c1ccccc1. The third kappa shape index (κ3) is 2.87. The average Bonchev–Trinajstić information content (AvgIpc) is 3.00. The lowest BCUT2D eigenvalue weighted by molar-refractivity contribution is 0.584. The maximum atomic E-state index is 5.74. The minimum absolute atomic E-state index is 0.235. The molecular formula is C15H14BrN5. The number of benzene rings is 1. The predicted molar refractivity (Wildman–Crippen MR) is 84.7 cm³/mol. The van der Waals surface area contributed by atoms with Gasteiger partial charge >= 0.3 is 0 Å². The molecule has 21 heavy (non-hydrogen) atoms. The highest BCUT2D eigenvalue weighted by Crippen LogP contribution is 2.23. The first-order chi connectivity index (χ1) is 10.3. The highest BCUT2D eigenvalue weighted by Gasteiger charge is 2.19. The van der Waals surface area contributed by atoms with E-state index in [1.54, 1.807) is 12.4 Å². The van der Waals surface area contributed by atoms with Gasteiger partial charge < -0.3 is 0 Å². The zero-order valence-corrected chi connectivity index (χ0v) is 12.7. The summed E-state index contributed by atoms with van der Waals surface area (Å²) in [5.41, 5.74) is 5.55. The van der Waals surface area contributed by atoms with Crippen LogP contribution in [0.3, 0.4) is 0 Å². The molecule has 0 saturated heterocycles. The normalized spacial score (nSPS) is 12.3. The van der Waals surface area contributed by atoms with E-state index in [9.17, 15) is 0 Å². The molecule has 0 saturated carbocycles. The Kier molecular flexibility index (Phi) is 4.10. The van der Waals surface area contributed by atoms with E-state index < -0.39 is 0 Å². The zero-order valence-electron chi connectivity index (χ0n) is 11.1. The van der Waals surface area contributed by atoms with Crippen molar-refractivity contribution in [2.45, 2.75) is 6.04 Å². The van der Waals surface area contributed by atoms with Crippen LogP contribution in [0.5, 0.6) is 0 Å². The summed E-state index contributed by atoms with van der Waals surface area (Å²) in [4.78, 5) is 4.41. The van der Waals surface area contributed by atoms with E-state index in [2.05, 4.69) is 31.4 Å². The van der Waals surface area contributed by atoms with Crippen molar-refractivity contribution in [3.05, 3.63) is 76.8 Å². The van der Waals surface area contributed by atoms with E-state index >= 15 is 0 Å². The largest absolute Gasteiger partial charge is 0.270 e. The minimum Gasteiger partial charge on any atom is -0.270 e. The molecular weight excluding hydrogens is 330 g/mol. The monoisotopic (exact) mass is 343 g/mol. The summed E-state index contributed by atoms with van der Waals surface area (Å²) in [5, 5.41) is 4.38. The Morgan fingerprint density at radius 2 is 1.90 bits per heavy atom. The second-order valence-electron chi connectivity index (χ2n) is 4.50. The summed E-state index contributed by atoms with van der Waals surface area (Å²) < 4.78 is 2.78. The molecule has 5 nitrogen and oxygen atoms in total. The van der Waals surface area contributed by atoms with Gasteiger partial charge in [-0.05, 0) is 46.3 Å². The molecule has 2 aromatic heterocycles. The molecule has 0 aliphatic heterocycles. The first-order valence-electron chi connectivity index (χ1n) is 6.46. The number of hydrogen-bond donors (Lipinski definition) is 2. The summed E-state index contributed by atoms with van der Waals surface area (Å²) in [7, 11) is 0. The van der Waals surface area contributed by atoms with Gasteiger partial charge in [-0.1, -0.05) is 18.2 Å². The quantitative estimate of drug-likeness (QED) is 0.564. The van der Waals surface area contributed by atoms with Gasteiger partial charge in [-0.2, -0.15) is 5.10 Å². The number of aromatic nitrogens is 3. The Morgan fingerprint density at radius 3 is 2.57 bits per heavy atom. The second kappa shape index (κ2) is 6.17. The molecule has 106 valence electrons. The minimum atomic E-state index is -0.235. The van der Waals surface area contributed by atoms with Crippen molar-refractivity contribution in [1.29, 1.82) is 0 Å². The van der Waals surface area contributed by atoms with Crippen LogP contribution in [0.15, 0.2) is 65.4 Å². The van der Waals surface area contributed by atoms with Gasteiger partial charge in [-0.3, -0.25) is 10.8 Å². The summed E-state index contributed by atoms with van der Waals surface area (Å²) in [6, 6.07) is 15.5. The second-order valence-corrected chi connectivity index (χ2v) is 5.42. The van der Waals surface area contributed by atoms with E-state index in [0.717, 1.165) is 21.5 Å². The maximum Gasteiger partial charge on any atom is 0.105 e. The Morgan fingerprint density at radius 1 is 1.10 bits per heavy atom. The van der Waals surface area contributed by atoms with E-state index in [1.165, 1.54) is 0 Å². The third-order valence-corrected chi connectivity index (χ3v) is 3.65. The van der Waals surface area contributed by atoms with E-state index in [1.807, 2.05) is 53.2 Å². The molecule has 0 amide bonds. The summed E-state index contributed by atoms with van der Waals surface area (Å²) in [6.45, 7) is 0. The number of nitrogens with zero attached hydrogens (tertiary/aromatic N) is 3. The van der Waals surface area contributed by atoms with Crippen LogP contribution in [0.4, 0.5) is 0 Å². The molecule has 6 heteroatoms. The number of hydrogen-bond acceptors (Lipinski definition) is 4. The molecule has 1 atom stereocenters. The number of nitrogens with one attached hydrogen (secondary N) is 1. The Labute approximate surface area is 130 Å². The van der Waals surface area contributed by atoms with Crippen LogP contribution in [-0.2, 0) is 0 Å². The van der Waals surface area contributed by atoms with Crippen LogP contribution < -0.4 is 11.3 Å². The fourth-order valence-electron chi connectivity index (χ4n) is 2.20. The van der Waals surface area contributed by atoms with Gasteiger partial charge in [0.1, 0.15) is 6.04 Å². The summed E-state index contributed by atoms with van der Waals surface area (Å²) >= 11 is 3.38. The number of rotatable bonds is 4. The predicted octanol–water partition coefficient (Wildman–Crippen LogP) is 2.58. The molecule has 1 aromatic carbocycles. The molecule has 3 N–H and O–H groups in total. The molecule has 0 bridgehead atoms. The van der Waals surface area contributed by atoms with Crippen LogP contribution in [0.1, 0.15) is 17.4 Å². The molecule has 0 fully saturated rings. The van der Waals surface area contributed by atoms with Crippen LogP contribution >= 0.6 is 15.9 Å².